The second-order valence-corrected chi connectivity index (χ2v) is 6.29. The summed E-state index contributed by atoms with van der Waals surface area (Å²) in [6, 6.07) is 6.48. The molecule has 0 aliphatic carbocycles. The van der Waals surface area contributed by atoms with Gasteiger partial charge in [-0.25, -0.2) is 0 Å². The number of hydrogen-bond donors (Lipinski definition) is 1. The van der Waals surface area contributed by atoms with Crippen LogP contribution < -0.4 is 10.5 Å². The standard InChI is InChI=1S/C16H27NO/c1-11(2)14(10-17)13-9-12(16(3,4)5)7-8-15(13)18-6/h7-9,11,14H,10,17H2,1-6H3. The number of benzene rings is 1. The maximum Gasteiger partial charge on any atom is 0.122 e. The van der Waals surface area contributed by atoms with E-state index in [0.717, 1.165) is 5.75 Å². The lowest BCUT2D eigenvalue weighted by molar-refractivity contribution is 0.394. The Morgan fingerprint density at radius 3 is 2.22 bits per heavy atom. The smallest absolute Gasteiger partial charge is 0.122 e. The van der Waals surface area contributed by atoms with Gasteiger partial charge in [-0.3, -0.25) is 0 Å². The zero-order valence-corrected chi connectivity index (χ0v) is 12.6. The molecule has 2 nitrogen and oxygen atoms in total. The Kier molecular flexibility index (Phi) is 4.80. The van der Waals surface area contributed by atoms with Crippen molar-refractivity contribution in [2.24, 2.45) is 11.7 Å². The first-order valence-corrected chi connectivity index (χ1v) is 6.69. The third-order valence-corrected chi connectivity index (χ3v) is 3.55. The molecule has 0 saturated carbocycles. The van der Waals surface area contributed by atoms with Gasteiger partial charge in [0.05, 0.1) is 7.11 Å². The van der Waals surface area contributed by atoms with Gasteiger partial charge >= 0.3 is 0 Å². The topological polar surface area (TPSA) is 35.2 Å². The van der Waals surface area contributed by atoms with Gasteiger partial charge in [-0.2, -0.15) is 0 Å². The fourth-order valence-corrected chi connectivity index (χ4v) is 2.25. The van der Waals surface area contributed by atoms with Gasteiger partial charge in [0, 0.05) is 5.92 Å². The third kappa shape index (κ3) is 3.26. The average molecular weight is 249 g/mol. The van der Waals surface area contributed by atoms with E-state index in [1.165, 1.54) is 11.1 Å². The van der Waals surface area contributed by atoms with Gasteiger partial charge in [0.2, 0.25) is 0 Å². The summed E-state index contributed by atoms with van der Waals surface area (Å²) >= 11 is 0. The van der Waals surface area contributed by atoms with Gasteiger partial charge in [0.15, 0.2) is 0 Å². The lowest BCUT2D eigenvalue weighted by atomic mass is 9.81. The number of methoxy groups -OCH3 is 1. The van der Waals surface area contributed by atoms with Gasteiger partial charge in [-0.1, -0.05) is 46.8 Å². The predicted molar refractivity (Wildman–Crippen MR) is 78.3 cm³/mol. The molecule has 0 aromatic heterocycles. The van der Waals surface area contributed by atoms with E-state index in [4.69, 9.17) is 10.5 Å². The van der Waals surface area contributed by atoms with Gasteiger partial charge in [0.1, 0.15) is 5.75 Å². The Hall–Kier alpha value is -1.02. The van der Waals surface area contributed by atoms with Crippen molar-refractivity contribution in [1.29, 1.82) is 0 Å². The van der Waals surface area contributed by atoms with Crippen LogP contribution in [-0.4, -0.2) is 13.7 Å². The lowest BCUT2D eigenvalue weighted by Gasteiger charge is -2.26. The summed E-state index contributed by atoms with van der Waals surface area (Å²) in [4.78, 5) is 0. The van der Waals surface area contributed by atoms with Crippen molar-refractivity contribution in [1.82, 2.24) is 0 Å². The predicted octanol–water partition coefficient (Wildman–Crippen LogP) is 3.69. The van der Waals surface area contributed by atoms with E-state index in [2.05, 4.69) is 52.8 Å². The Bertz CT molecular complexity index is 391. The second-order valence-electron chi connectivity index (χ2n) is 6.29. The molecule has 1 rings (SSSR count). The van der Waals surface area contributed by atoms with Crippen molar-refractivity contribution in [3.63, 3.8) is 0 Å². The molecule has 0 spiro atoms. The SMILES string of the molecule is COc1ccc(C(C)(C)C)cc1C(CN)C(C)C. The molecule has 0 saturated heterocycles. The fraction of sp³-hybridized carbons (Fsp3) is 0.625. The van der Waals surface area contributed by atoms with E-state index in [9.17, 15) is 0 Å². The molecular weight excluding hydrogens is 222 g/mol. The van der Waals surface area contributed by atoms with E-state index in [1.54, 1.807) is 7.11 Å². The van der Waals surface area contributed by atoms with E-state index in [0.29, 0.717) is 18.4 Å². The highest BCUT2D eigenvalue weighted by molar-refractivity contribution is 5.42. The summed E-state index contributed by atoms with van der Waals surface area (Å²) in [5, 5.41) is 0. The van der Waals surface area contributed by atoms with E-state index in [1.807, 2.05) is 0 Å². The highest BCUT2D eigenvalue weighted by Gasteiger charge is 2.22. The maximum atomic E-state index is 5.93. The van der Waals surface area contributed by atoms with Crippen molar-refractivity contribution < 1.29 is 4.74 Å². The monoisotopic (exact) mass is 249 g/mol. The van der Waals surface area contributed by atoms with Crippen molar-refractivity contribution in [2.45, 2.75) is 46.0 Å². The minimum atomic E-state index is 0.150. The maximum absolute atomic E-state index is 5.93. The van der Waals surface area contributed by atoms with Crippen LogP contribution in [0.15, 0.2) is 18.2 Å². The summed E-state index contributed by atoms with van der Waals surface area (Å²) < 4.78 is 5.49. The van der Waals surface area contributed by atoms with Gasteiger partial charge < -0.3 is 10.5 Å². The molecule has 0 radical (unpaired) electrons. The highest BCUT2D eigenvalue weighted by atomic mass is 16.5. The Balaban J connectivity index is 3.29. The first kappa shape index (κ1) is 15.0. The summed E-state index contributed by atoms with van der Waals surface area (Å²) in [5.41, 5.74) is 8.65. The van der Waals surface area contributed by atoms with E-state index in [-0.39, 0.29) is 5.41 Å². The Morgan fingerprint density at radius 1 is 1.22 bits per heavy atom. The summed E-state index contributed by atoms with van der Waals surface area (Å²) in [6.45, 7) is 11.8. The molecular formula is C16H27NO. The summed E-state index contributed by atoms with van der Waals surface area (Å²) in [7, 11) is 1.73. The average Bonchev–Trinajstić information content (AvgIpc) is 2.28. The summed E-state index contributed by atoms with van der Waals surface area (Å²) in [5.74, 6) is 1.81. The lowest BCUT2D eigenvalue weighted by Crippen LogP contribution is -2.20. The molecule has 0 heterocycles. The molecule has 2 heteroatoms. The molecule has 0 fully saturated rings. The third-order valence-electron chi connectivity index (χ3n) is 3.55. The minimum Gasteiger partial charge on any atom is -0.496 e. The van der Waals surface area contributed by atoms with Gasteiger partial charge in [0.25, 0.3) is 0 Å². The van der Waals surface area contributed by atoms with Crippen LogP contribution in [0.25, 0.3) is 0 Å². The van der Waals surface area contributed by atoms with Crippen molar-refractivity contribution in [3.05, 3.63) is 29.3 Å². The molecule has 0 aliphatic rings. The quantitative estimate of drug-likeness (QED) is 0.883. The normalized spacial score (nSPS) is 13.8. The number of rotatable bonds is 4. The van der Waals surface area contributed by atoms with Crippen LogP contribution in [0.4, 0.5) is 0 Å². The van der Waals surface area contributed by atoms with E-state index >= 15 is 0 Å². The fourth-order valence-electron chi connectivity index (χ4n) is 2.25. The minimum absolute atomic E-state index is 0.150. The van der Waals surface area contributed by atoms with Crippen molar-refractivity contribution in [2.75, 3.05) is 13.7 Å². The van der Waals surface area contributed by atoms with Crippen LogP contribution in [-0.2, 0) is 5.41 Å². The molecule has 1 aromatic carbocycles. The van der Waals surface area contributed by atoms with Crippen molar-refractivity contribution in [3.8, 4) is 5.75 Å². The zero-order chi connectivity index (χ0) is 13.9. The number of hydrogen-bond acceptors (Lipinski definition) is 2. The first-order chi connectivity index (χ1) is 8.31. The molecule has 0 aliphatic heterocycles. The van der Waals surface area contributed by atoms with Crippen LogP contribution in [0.1, 0.15) is 51.7 Å². The molecule has 1 atom stereocenters. The van der Waals surface area contributed by atoms with Gasteiger partial charge in [-0.15, -0.1) is 0 Å². The van der Waals surface area contributed by atoms with E-state index < -0.39 is 0 Å². The molecule has 1 aromatic rings. The zero-order valence-electron chi connectivity index (χ0n) is 12.6. The Morgan fingerprint density at radius 2 is 1.83 bits per heavy atom. The highest BCUT2D eigenvalue weighted by Crippen LogP contribution is 2.35. The first-order valence-electron chi connectivity index (χ1n) is 6.69. The van der Waals surface area contributed by atoms with Crippen LogP contribution in [0.2, 0.25) is 0 Å². The van der Waals surface area contributed by atoms with Crippen molar-refractivity contribution >= 4 is 0 Å². The number of nitrogens with two attached hydrogens (primary N) is 1. The van der Waals surface area contributed by atoms with Gasteiger partial charge in [-0.05, 0) is 35.1 Å². The molecule has 0 bridgehead atoms. The molecule has 18 heavy (non-hydrogen) atoms. The van der Waals surface area contributed by atoms with Crippen LogP contribution in [0, 0.1) is 5.92 Å². The second kappa shape index (κ2) is 5.75. The molecule has 1 unspecified atom stereocenters. The molecule has 2 N–H and O–H groups in total. The van der Waals surface area contributed by atoms with Crippen LogP contribution >= 0.6 is 0 Å². The number of ether oxygens (including phenoxy) is 1. The Labute approximate surface area is 112 Å². The largest absolute Gasteiger partial charge is 0.496 e. The summed E-state index contributed by atoms with van der Waals surface area (Å²) in [6.07, 6.45) is 0. The molecule has 102 valence electrons. The van der Waals surface area contributed by atoms with Crippen LogP contribution in [0.3, 0.4) is 0 Å². The molecule has 0 amide bonds. The van der Waals surface area contributed by atoms with Crippen LogP contribution in [0.5, 0.6) is 5.75 Å².